The summed E-state index contributed by atoms with van der Waals surface area (Å²) < 4.78 is 2.12. The van der Waals surface area contributed by atoms with Crippen LogP contribution in [0.4, 0.5) is 0 Å². The molecule has 1 aromatic carbocycles. The third kappa shape index (κ3) is 4.60. The van der Waals surface area contributed by atoms with Crippen LogP contribution >= 0.6 is 23.2 Å². The van der Waals surface area contributed by atoms with Gasteiger partial charge < -0.3 is 9.47 Å². The van der Waals surface area contributed by atoms with Crippen molar-refractivity contribution < 1.29 is 4.79 Å². The molecule has 26 heavy (non-hydrogen) atoms. The maximum absolute atomic E-state index is 12.9. The molecule has 6 heteroatoms. The average molecular weight is 394 g/mol. The van der Waals surface area contributed by atoms with Gasteiger partial charge in [0.25, 0.3) is 0 Å². The number of halogens is 2. The van der Waals surface area contributed by atoms with Crippen molar-refractivity contribution in [3.8, 4) is 0 Å². The van der Waals surface area contributed by atoms with E-state index in [0.717, 1.165) is 44.5 Å². The number of hydrogen-bond donors (Lipinski definition) is 0. The molecule has 2 aromatic rings. The molecule has 1 fully saturated rings. The summed E-state index contributed by atoms with van der Waals surface area (Å²) in [5.74, 6) is 0.507. The fourth-order valence-corrected chi connectivity index (χ4v) is 4.47. The van der Waals surface area contributed by atoms with Crippen molar-refractivity contribution in [2.75, 3.05) is 13.1 Å². The molecule has 0 bridgehead atoms. The summed E-state index contributed by atoms with van der Waals surface area (Å²) in [6.45, 7) is 4.55. The van der Waals surface area contributed by atoms with Crippen molar-refractivity contribution in [3.63, 3.8) is 0 Å². The SMILES string of the molecule is C[C@H](C(=O)N1CCC(CCCn2ccnc2)CC1)c1c(Cl)cccc1Cl. The first-order valence-electron chi connectivity index (χ1n) is 9.24. The first-order chi connectivity index (χ1) is 12.6. The summed E-state index contributed by atoms with van der Waals surface area (Å²) in [6, 6.07) is 5.39. The minimum absolute atomic E-state index is 0.122. The Morgan fingerprint density at radius 2 is 1.96 bits per heavy atom. The highest BCUT2D eigenvalue weighted by molar-refractivity contribution is 6.36. The molecule has 0 N–H and O–H groups in total. The molecule has 0 spiro atoms. The summed E-state index contributed by atoms with van der Waals surface area (Å²) in [6.07, 6.45) is 10.2. The van der Waals surface area contributed by atoms with Crippen LogP contribution in [0.5, 0.6) is 0 Å². The number of carbonyl (C=O) groups is 1. The molecule has 1 aliphatic rings. The number of rotatable bonds is 6. The van der Waals surface area contributed by atoms with Gasteiger partial charge in [0.05, 0.1) is 12.2 Å². The van der Waals surface area contributed by atoms with Gasteiger partial charge in [0.1, 0.15) is 0 Å². The average Bonchev–Trinajstić information content (AvgIpc) is 3.15. The minimum atomic E-state index is -0.311. The number of imidazole rings is 1. The van der Waals surface area contributed by atoms with Gasteiger partial charge in [-0.05, 0) is 50.7 Å². The summed E-state index contributed by atoms with van der Waals surface area (Å²) in [5.41, 5.74) is 0.739. The Bertz CT molecular complexity index is 704. The number of aryl methyl sites for hydroxylation is 1. The summed E-state index contributed by atoms with van der Waals surface area (Å²) in [5, 5.41) is 1.13. The number of nitrogens with zero attached hydrogens (tertiary/aromatic N) is 3. The molecule has 2 heterocycles. The molecule has 3 rings (SSSR count). The molecule has 1 amide bonds. The van der Waals surface area contributed by atoms with Crippen LogP contribution in [0.25, 0.3) is 0 Å². The van der Waals surface area contributed by atoms with E-state index in [1.165, 1.54) is 6.42 Å². The second kappa shape index (κ2) is 8.92. The molecule has 1 atom stereocenters. The smallest absolute Gasteiger partial charge is 0.229 e. The van der Waals surface area contributed by atoms with Crippen molar-refractivity contribution >= 4 is 29.1 Å². The van der Waals surface area contributed by atoms with Crippen LogP contribution in [-0.2, 0) is 11.3 Å². The van der Waals surface area contributed by atoms with E-state index in [0.29, 0.717) is 16.0 Å². The Balaban J connectivity index is 1.48. The first-order valence-corrected chi connectivity index (χ1v) is 10.00. The standard InChI is InChI=1S/C20H25Cl2N3O/c1-15(19-17(21)5-2-6-18(19)22)20(26)25-11-7-16(8-12-25)4-3-10-24-13-9-23-14-24/h2,5-6,9,13-16H,3-4,7-8,10-12H2,1H3/t15-/m0/s1. The lowest BCUT2D eigenvalue weighted by molar-refractivity contribution is -0.133. The minimum Gasteiger partial charge on any atom is -0.342 e. The van der Waals surface area contributed by atoms with Gasteiger partial charge in [-0.2, -0.15) is 0 Å². The molecule has 1 aliphatic heterocycles. The van der Waals surface area contributed by atoms with E-state index < -0.39 is 0 Å². The predicted octanol–water partition coefficient (Wildman–Crippen LogP) is 5.01. The quantitative estimate of drug-likeness (QED) is 0.691. The number of carbonyl (C=O) groups excluding carboxylic acids is 1. The number of hydrogen-bond acceptors (Lipinski definition) is 2. The van der Waals surface area contributed by atoms with Crippen LogP contribution in [0.1, 0.15) is 44.1 Å². The van der Waals surface area contributed by atoms with Gasteiger partial charge in [-0.25, -0.2) is 4.98 Å². The van der Waals surface area contributed by atoms with Gasteiger partial charge in [-0.1, -0.05) is 29.3 Å². The molecule has 140 valence electrons. The third-order valence-corrected chi connectivity index (χ3v) is 5.98. The zero-order valence-electron chi connectivity index (χ0n) is 15.1. The molecule has 0 radical (unpaired) electrons. The first kappa shape index (κ1) is 19.2. The Kier molecular flexibility index (Phi) is 6.60. The lowest BCUT2D eigenvalue weighted by Crippen LogP contribution is -2.40. The molecule has 0 aliphatic carbocycles. The maximum Gasteiger partial charge on any atom is 0.229 e. The van der Waals surface area contributed by atoms with E-state index in [2.05, 4.69) is 9.55 Å². The summed E-state index contributed by atoms with van der Waals surface area (Å²) in [7, 11) is 0. The zero-order valence-corrected chi connectivity index (χ0v) is 16.6. The van der Waals surface area contributed by atoms with Gasteiger partial charge in [-0.15, -0.1) is 0 Å². The highest BCUT2D eigenvalue weighted by atomic mass is 35.5. The summed E-state index contributed by atoms with van der Waals surface area (Å²) >= 11 is 12.5. The van der Waals surface area contributed by atoms with Crippen molar-refractivity contribution in [3.05, 3.63) is 52.5 Å². The molecular formula is C20H25Cl2N3O. The number of amides is 1. The highest BCUT2D eigenvalue weighted by Gasteiger charge is 2.28. The largest absolute Gasteiger partial charge is 0.342 e. The second-order valence-corrected chi connectivity index (χ2v) is 7.88. The Labute approximate surface area is 165 Å². The van der Waals surface area contributed by atoms with E-state index in [4.69, 9.17) is 23.2 Å². The Morgan fingerprint density at radius 1 is 1.27 bits per heavy atom. The second-order valence-electron chi connectivity index (χ2n) is 7.07. The number of benzene rings is 1. The summed E-state index contributed by atoms with van der Waals surface area (Å²) in [4.78, 5) is 18.9. The normalized spacial score (nSPS) is 16.7. The van der Waals surface area contributed by atoms with Crippen molar-refractivity contribution in [1.82, 2.24) is 14.5 Å². The third-order valence-electron chi connectivity index (χ3n) is 5.32. The van der Waals surface area contributed by atoms with Crippen molar-refractivity contribution in [2.45, 2.75) is 45.1 Å². The van der Waals surface area contributed by atoms with Gasteiger partial charge >= 0.3 is 0 Å². The predicted molar refractivity (Wildman–Crippen MR) is 106 cm³/mol. The van der Waals surface area contributed by atoms with E-state index >= 15 is 0 Å². The van der Waals surface area contributed by atoms with E-state index in [-0.39, 0.29) is 11.8 Å². The molecule has 1 aromatic heterocycles. The van der Waals surface area contributed by atoms with Crippen LogP contribution in [0.15, 0.2) is 36.9 Å². The van der Waals surface area contributed by atoms with Crippen molar-refractivity contribution in [1.29, 1.82) is 0 Å². The van der Waals surface area contributed by atoms with E-state index in [9.17, 15) is 4.79 Å². The molecular weight excluding hydrogens is 369 g/mol. The Morgan fingerprint density at radius 3 is 2.58 bits per heavy atom. The lowest BCUT2D eigenvalue weighted by Gasteiger charge is -2.34. The van der Waals surface area contributed by atoms with Crippen LogP contribution in [0.3, 0.4) is 0 Å². The molecule has 1 saturated heterocycles. The Hall–Kier alpha value is -1.52. The lowest BCUT2D eigenvalue weighted by atomic mass is 9.91. The molecule has 4 nitrogen and oxygen atoms in total. The number of aromatic nitrogens is 2. The van der Waals surface area contributed by atoms with Crippen molar-refractivity contribution in [2.24, 2.45) is 5.92 Å². The monoisotopic (exact) mass is 393 g/mol. The number of piperidine rings is 1. The van der Waals surface area contributed by atoms with Crippen LogP contribution < -0.4 is 0 Å². The maximum atomic E-state index is 12.9. The van der Waals surface area contributed by atoms with Crippen LogP contribution in [0.2, 0.25) is 10.0 Å². The van der Waals surface area contributed by atoms with Crippen LogP contribution in [0, 0.1) is 5.92 Å². The fraction of sp³-hybridized carbons (Fsp3) is 0.500. The van der Waals surface area contributed by atoms with Gasteiger partial charge in [-0.3, -0.25) is 4.79 Å². The zero-order chi connectivity index (χ0) is 18.5. The highest BCUT2D eigenvalue weighted by Crippen LogP contribution is 2.33. The molecule has 0 saturated carbocycles. The topological polar surface area (TPSA) is 38.1 Å². The van der Waals surface area contributed by atoms with Gasteiger partial charge in [0, 0.05) is 47.6 Å². The van der Waals surface area contributed by atoms with E-state index in [1.54, 1.807) is 18.2 Å². The fourth-order valence-electron chi connectivity index (χ4n) is 3.75. The van der Waals surface area contributed by atoms with E-state index in [1.807, 2.05) is 30.5 Å². The molecule has 0 unspecified atom stereocenters. The number of likely N-dealkylation sites (tertiary alicyclic amines) is 1. The van der Waals surface area contributed by atoms with Gasteiger partial charge in [0.2, 0.25) is 5.91 Å². The van der Waals surface area contributed by atoms with Gasteiger partial charge in [0.15, 0.2) is 0 Å². The van der Waals surface area contributed by atoms with Crippen LogP contribution in [-0.4, -0.2) is 33.4 Å².